The maximum absolute atomic E-state index is 6.21. The fraction of sp³-hybridized carbons (Fsp3) is 0.692. The Morgan fingerprint density at radius 2 is 2.22 bits per heavy atom. The van der Waals surface area contributed by atoms with Crippen LogP contribution in [0, 0.1) is 0 Å². The van der Waals surface area contributed by atoms with E-state index in [1.165, 1.54) is 0 Å². The van der Waals surface area contributed by atoms with Gasteiger partial charge in [0.25, 0.3) is 0 Å². The van der Waals surface area contributed by atoms with Gasteiger partial charge in [-0.1, -0.05) is 0 Å². The average molecular weight is 269 g/mol. The first kappa shape index (κ1) is 12.5. The summed E-state index contributed by atoms with van der Waals surface area (Å²) in [5.74, 6) is 1.51. The summed E-state index contributed by atoms with van der Waals surface area (Å²) in [5.41, 5.74) is 6.21. The van der Waals surface area contributed by atoms with Crippen molar-refractivity contribution < 1.29 is 13.9 Å². The van der Waals surface area contributed by atoms with Crippen LogP contribution in [0.4, 0.5) is 0 Å². The Labute approximate surface area is 111 Å². The van der Waals surface area contributed by atoms with Gasteiger partial charge in [-0.2, -0.15) is 0 Å². The van der Waals surface area contributed by atoms with Gasteiger partial charge in [0, 0.05) is 24.1 Å². The number of furan rings is 1. The molecule has 2 unspecified atom stereocenters. The van der Waals surface area contributed by atoms with Crippen molar-refractivity contribution in [3.8, 4) is 0 Å². The van der Waals surface area contributed by atoms with E-state index in [9.17, 15) is 0 Å². The predicted octanol–water partition coefficient (Wildman–Crippen LogP) is 2.14. The van der Waals surface area contributed by atoms with E-state index >= 15 is 0 Å². The lowest BCUT2D eigenvalue weighted by Crippen LogP contribution is -2.47. The molecule has 100 valence electrons. The van der Waals surface area contributed by atoms with Gasteiger partial charge in [0.2, 0.25) is 0 Å². The molecule has 1 saturated carbocycles. The molecule has 1 spiro atoms. The number of hydrogen-bond donors (Lipinski definition) is 1. The van der Waals surface area contributed by atoms with Crippen molar-refractivity contribution >= 4 is 11.8 Å². The Morgan fingerprint density at radius 1 is 1.39 bits per heavy atom. The molecule has 2 atom stereocenters. The highest BCUT2D eigenvalue weighted by Crippen LogP contribution is 2.40. The molecule has 1 saturated heterocycles. The van der Waals surface area contributed by atoms with Crippen molar-refractivity contribution in [1.82, 2.24) is 0 Å². The Hall–Kier alpha value is -0.490. The molecule has 2 heterocycles. The fourth-order valence-electron chi connectivity index (χ4n) is 2.66. The van der Waals surface area contributed by atoms with Crippen molar-refractivity contribution in [3.05, 3.63) is 24.2 Å². The van der Waals surface area contributed by atoms with E-state index in [1.54, 1.807) is 6.26 Å². The number of thioether (sulfide) groups is 1. The van der Waals surface area contributed by atoms with Crippen LogP contribution in [-0.2, 0) is 15.2 Å². The summed E-state index contributed by atoms with van der Waals surface area (Å²) in [6.45, 7) is 1.43. The molecule has 0 aromatic carbocycles. The zero-order chi connectivity index (χ0) is 12.4. The Morgan fingerprint density at radius 3 is 2.94 bits per heavy atom. The van der Waals surface area contributed by atoms with Crippen molar-refractivity contribution in [2.24, 2.45) is 5.73 Å². The summed E-state index contributed by atoms with van der Waals surface area (Å²) in [5, 5.41) is 0.377. The van der Waals surface area contributed by atoms with Crippen LogP contribution >= 0.6 is 11.8 Å². The van der Waals surface area contributed by atoms with Gasteiger partial charge in [0.15, 0.2) is 5.79 Å². The monoisotopic (exact) mass is 269 g/mol. The number of ether oxygens (including phenoxy) is 2. The molecule has 0 amide bonds. The molecular formula is C13H19NO3S. The molecule has 0 radical (unpaired) electrons. The minimum atomic E-state index is -0.350. The number of hydrogen-bond acceptors (Lipinski definition) is 5. The molecule has 3 rings (SSSR count). The maximum atomic E-state index is 6.21. The van der Waals surface area contributed by atoms with Crippen molar-refractivity contribution in [3.63, 3.8) is 0 Å². The van der Waals surface area contributed by atoms with Gasteiger partial charge in [-0.05, 0) is 18.6 Å². The minimum Gasteiger partial charge on any atom is -0.468 e. The Balaban J connectivity index is 1.59. The molecule has 1 aliphatic carbocycles. The lowest BCUT2D eigenvalue weighted by Gasteiger charge is -2.39. The summed E-state index contributed by atoms with van der Waals surface area (Å²) in [6.07, 6.45) is 4.49. The van der Waals surface area contributed by atoms with Gasteiger partial charge in [-0.25, -0.2) is 0 Å². The van der Waals surface area contributed by atoms with Crippen LogP contribution in [-0.4, -0.2) is 30.3 Å². The minimum absolute atomic E-state index is 0.225. The van der Waals surface area contributed by atoms with Crippen LogP contribution in [0.25, 0.3) is 0 Å². The molecule has 1 aliphatic heterocycles. The molecule has 5 heteroatoms. The highest BCUT2D eigenvalue weighted by Gasteiger charge is 2.44. The first-order valence-electron chi connectivity index (χ1n) is 6.45. The molecule has 1 aromatic heterocycles. The lowest BCUT2D eigenvalue weighted by molar-refractivity contribution is -0.176. The van der Waals surface area contributed by atoms with Gasteiger partial charge < -0.3 is 19.6 Å². The molecule has 4 nitrogen and oxygen atoms in total. The van der Waals surface area contributed by atoms with Crippen LogP contribution < -0.4 is 5.73 Å². The van der Waals surface area contributed by atoms with Gasteiger partial charge >= 0.3 is 0 Å². The molecule has 1 aromatic rings. The predicted molar refractivity (Wildman–Crippen MR) is 70.3 cm³/mol. The largest absolute Gasteiger partial charge is 0.468 e. The van der Waals surface area contributed by atoms with Crippen molar-refractivity contribution in [2.75, 3.05) is 13.2 Å². The van der Waals surface area contributed by atoms with Crippen LogP contribution in [0.15, 0.2) is 22.8 Å². The second-order valence-electron chi connectivity index (χ2n) is 4.94. The molecular weight excluding hydrogens is 250 g/mol. The van der Waals surface area contributed by atoms with E-state index in [2.05, 4.69) is 0 Å². The number of nitrogens with two attached hydrogens (primary N) is 1. The topological polar surface area (TPSA) is 57.6 Å². The summed E-state index contributed by atoms with van der Waals surface area (Å²) in [7, 11) is 0. The van der Waals surface area contributed by atoms with Gasteiger partial charge in [-0.3, -0.25) is 0 Å². The second-order valence-corrected chi connectivity index (χ2v) is 6.17. The SMILES string of the molecule is NC1CCC2(CC1SCc1ccco1)OCCO2. The maximum Gasteiger partial charge on any atom is 0.169 e. The van der Waals surface area contributed by atoms with Crippen molar-refractivity contribution in [1.29, 1.82) is 0 Å². The van der Waals surface area contributed by atoms with Gasteiger partial charge in [-0.15, -0.1) is 11.8 Å². The van der Waals surface area contributed by atoms with E-state index in [4.69, 9.17) is 19.6 Å². The normalized spacial score (nSPS) is 30.9. The highest BCUT2D eigenvalue weighted by atomic mass is 32.2. The second kappa shape index (κ2) is 5.25. The van der Waals surface area contributed by atoms with Gasteiger partial charge in [0.1, 0.15) is 5.76 Å². The van der Waals surface area contributed by atoms with Crippen LogP contribution in [0.3, 0.4) is 0 Å². The highest BCUT2D eigenvalue weighted by molar-refractivity contribution is 7.99. The van der Waals surface area contributed by atoms with E-state index in [0.29, 0.717) is 18.5 Å². The summed E-state index contributed by atoms with van der Waals surface area (Å²) in [6, 6.07) is 4.14. The lowest BCUT2D eigenvalue weighted by atomic mass is 9.90. The van der Waals surface area contributed by atoms with E-state index < -0.39 is 0 Å². The van der Waals surface area contributed by atoms with Crippen LogP contribution in [0.2, 0.25) is 0 Å². The van der Waals surface area contributed by atoms with Crippen LogP contribution in [0.5, 0.6) is 0 Å². The average Bonchev–Trinajstić information content (AvgIpc) is 3.03. The van der Waals surface area contributed by atoms with Crippen molar-refractivity contribution in [2.45, 2.75) is 42.1 Å². The molecule has 0 bridgehead atoms. The van der Waals surface area contributed by atoms with Crippen LogP contribution in [0.1, 0.15) is 25.0 Å². The standard InChI is InChI=1S/C13H19NO3S/c14-11-3-4-13(16-6-7-17-13)8-12(11)18-9-10-2-1-5-15-10/h1-2,5,11-12H,3-4,6-9,14H2. The Kier molecular flexibility index (Phi) is 3.66. The fourth-order valence-corrected chi connectivity index (χ4v) is 3.96. The Bertz CT molecular complexity index is 376. The zero-order valence-corrected chi connectivity index (χ0v) is 11.2. The van der Waals surface area contributed by atoms with E-state index in [0.717, 1.165) is 30.8 Å². The number of rotatable bonds is 3. The third-order valence-electron chi connectivity index (χ3n) is 3.68. The quantitative estimate of drug-likeness (QED) is 0.911. The third kappa shape index (κ3) is 2.59. The molecule has 18 heavy (non-hydrogen) atoms. The molecule has 2 aliphatic rings. The summed E-state index contributed by atoms with van der Waals surface area (Å²) in [4.78, 5) is 0. The third-order valence-corrected chi connectivity index (χ3v) is 5.08. The molecule has 2 N–H and O–H groups in total. The first-order valence-corrected chi connectivity index (χ1v) is 7.50. The van der Waals surface area contributed by atoms with Gasteiger partial charge in [0.05, 0.1) is 25.2 Å². The first-order chi connectivity index (χ1) is 8.77. The van der Waals surface area contributed by atoms with E-state index in [-0.39, 0.29) is 11.8 Å². The molecule has 2 fully saturated rings. The zero-order valence-electron chi connectivity index (χ0n) is 10.3. The smallest absolute Gasteiger partial charge is 0.169 e. The summed E-state index contributed by atoms with van der Waals surface area (Å²) >= 11 is 1.85. The summed E-state index contributed by atoms with van der Waals surface area (Å²) < 4.78 is 16.9. The van der Waals surface area contributed by atoms with E-state index in [1.807, 2.05) is 23.9 Å².